The summed E-state index contributed by atoms with van der Waals surface area (Å²) in [5, 5.41) is 0. The molecule has 0 aliphatic carbocycles. The van der Waals surface area contributed by atoms with Gasteiger partial charge in [-0.2, -0.15) is 0 Å². The van der Waals surface area contributed by atoms with Crippen LogP contribution in [0, 0.1) is 0 Å². The number of nitrogens with zero attached hydrogens (tertiary/aromatic N) is 1. The van der Waals surface area contributed by atoms with Crippen molar-refractivity contribution >= 4 is 11.7 Å². The summed E-state index contributed by atoms with van der Waals surface area (Å²) in [4.78, 5) is 23.9. The average Bonchev–Trinajstić information content (AvgIpc) is 2.02. The molecule has 76 valence electrons. The van der Waals surface area contributed by atoms with Gasteiger partial charge in [0.25, 0.3) is 0 Å². The Kier molecular flexibility index (Phi) is 6.20. The van der Waals surface area contributed by atoms with Crippen LogP contribution in [0.25, 0.3) is 0 Å². The number of amides is 1. The van der Waals surface area contributed by atoms with Gasteiger partial charge in [0.05, 0.1) is 6.42 Å². The molecule has 0 saturated heterocycles. The maximum atomic E-state index is 11.4. The van der Waals surface area contributed by atoms with Crippen molar-refractivity contribution in [1.82, 2.24) is 4.90 Å². The second-order valence-corrected chi connectivity index (χ2v) is 3.26. The maximum Gasteiger partial charge on any atom is 0.230 e. The summed E-state index contributed by atoms with van der Waals surface area (Å²) in [7, 11) is 0. The number of Topliss-reactive ketones (excluding diaryl/α,β-unsaturated/α-hetero) is 1. The van der Waals surface area contributed by atoms with E-state index in [1.165, 1.54) is 6.92 Å². The molecule has 1 amide bonds. The van der Waals surface area contributed by atoms with Gasteiger partial charge in [-0.25, -0.2) is 0 Å². The molecule has 0 fully saturated rings. The van der Waals surface area contributed by atoms with Crippen LogP contribution in [0.1, 0.15) is 40.0 Å². The summed E-state index contributed by atoms with van der Waals surface area (Å²) in [5.41, 5.74) is 0. The van der Waals surface area contributed by atoms with Crippen LogP contribution in [0.15, 0.2) is 0 Å². The lowest BCUT2D eigenvalue weighted by atomic mass is 10.2. The third-order valence-corrected chi connectivity index (χ3v) is 1.74. The van der Waals surface area contributed by atoms with Crippen LogP contribution in [0.4, 0.5) is 0 Å². The first kappa shape index (κ1) is 12.1. The van der Waals surface area contributed by atoms with Crippen LogP contribution in [0.3, 0.4) is 0 Å². The Morgan fingerprint density at radius 2 is 1.54 bits per heavy atom. The summed E-state index contributed by atoms with van der Waals surface area (Å²) in [6, 6.07) is 0. The van der Waals surface area contributed by atoms with Gasteiger partial charge in [-0.3, -0.25) is 9.59 Å². The lowest BCUT2D eigenvalue weighted by Crippen LogP contribution is -2.33. The van der Waals surface area contributed by atoms with Crippen LogP contribution >= 0.6 is 0 Å². The van der Waals surface area contributed by atoms with E-state index in [9.17, 15) is 9.59 Å². The lowest BCUT2D eigenvalue weighted by Gasteiger charge is -2.20. The zero-order valence-corrected chi connectivity index (χ0v) is 8.80. The van der Waals surface area contributed by atoms with Gasteiger partial charge in [-0.05, 0) is 19.8 Å². The van der Waals surface area contributed by atoms with Crippen molar-refractivity contribution in [2.75, 3.05) is 13.1 Å². The molecule has 13 heavy (non-hydrogen) atoms. The monoisotopic (exact) mass is 185 g/mol. The molecule has 0 aromatic rings. The average molecular weight is 185 g/mol. The van der Waals surface area contributed by atoms with Crippen LogP contribution in [0.5, 0.6) is 0 Å². The summed E-state index contributed by atoms with van der Waals surface area (Å²) in [5.74, 6) is -0.0848. The van der Waals surface area contributed by atoms with E-state index in [2.05, 4.69) is 0 Å². The van der Waals surface area contributed by atoms with E-state index in [0.717, 1.165) is 25.9 Å². The lowest BCUT2D eigenvalue weighted by molar-refractivity contribution is -0.134. The Balaban J connectivity index is 4.02. The van der Waals surface area contributed by atoms with E-state index < -0.39 is 0 Å². The van der Waals surface area contributed by atoms with Gasteiger partial charge >= 0.3 is 0 Å². The van der Waals surface area contributed by atoms with Gasteiger partial charge in [0.2, 0.25) is 5.91 Å². The van der Waals surface area contributed by atoms with E-state index in [4.69, 9.17) is 0 Å². The minimum atomic E-state index is -0.0535. The predicted molar refractivity (Wildman–Crippen MR) is 52.5 cm³/mol. The zero-order chi connectivity index (χ0) is 10.3. The van der Waals surface area contributed by atoms with Crippen LogP contribution in [0.2, 0.25) is 0 Å². The number of hydrogen-bond donors (Lipinski definition) is 0. The SMILES string of the molecule is CCCN(CCC)C(=O)CC(C)=O. The normalized spacial score (nSPS) is 9.77. The van der Waals surface area contributed by atoms with Gasteiger partial charge in [-0.15, -0.1) is 0 Å². The first-order chi connectivity index (χ1) is 6.11. The minimum Gasteiger partial charge on any atom is -0.342 e. The van der Waals surface area contributed by atoms with Gasteiger partial charge in [0.15, 0.2) is 0 Å². The van der Waals surface area contributed by atoms with Crippen molar-refractivity contribution < 1.29 is 9.59 Å². The topological polar surface area (TPSA) is 37.4 Å². The molecule has 0 rings (SSSR count). The second-order valence-electron chi connectivity index (χ2n) is 3.26. The van der Waals surface area contributed by atoms with E-state index in [1.807, 2.05) is 13.8 Å². The van der Waals surface area contributed by atoms with E-state index in [1.54, 1.807) is 4.90 Å². The zero-order valence-electron chi connectivity index (χ0n) is 8.80. The van der Waals surface area contributed by atoms with Gasteiger partial charge in [0.1, 0.15) is 5.78 Å². The molecule has 0 radical (unpaired) electrons. The molecule has 0 aliphatic heterocycles. The molecular formula is C10H19NO2. The highest BCUT2D eigenvalue weighted by atomic mass is 16.2. The number of rotatable bonds is 6. The molecule has 0 spiro atoms. The van der Waals surface area contributed by atoms with Crippen LogP contribution in [-0.4, -0.2) is 29.7 Å². The van der Waals surface area contributed by atoms with Crippen molar-refractivity contribution in [1.29, 1.82) is 0 Å². The highest BCUT2D eigenvalue weighted by Gasteiger charge is 2.12. The molecule has 0 saturated carbocycles. The maximum absolute atomic E-state index is 11.4. The first-order valence-corrected chi connectivity index (χ1v) is 4.89. The Hall–Kier alpha value is -0.860. The second kappa shape index (κ2) is 6.63. The summed E-state index contributed by atoms with van der Waals surface area (Å²) < 4.78 is 0. The molecule has 0 unspecified atom stereocenters. The first-order valence-electron chi connectivity index (χ1n) is 4.89. The Morgan fingerprint density at radius 3 is 1.85 bits per heavy atom. The fourth-order valence-electron chi connectivity index (χ4n) is 1.23. The molecule has 3 heteroatoms. The van der Waals surface area contributed by atoms with Crippen LogP contribution < -0.4 is 0 Å². The Morgan fingerprint density at radius 1 is 1.08 bits per heavy atom. The Labute approximate surface area is 80.1 Å². The third kappa shape index (κ3) is 5.39. The van der Waals surface area contributed by atoms with Crippen molar-refractivity contribution in [2.24, 2.45) is 0 Å². The molecule has 0 atom stereocenters. The van der Waals surface area contributed by atoms with E-state index in [0.29, 0.717) is 0 Å². The molecular weight excluding hydrogens is 166 g/mol. The van der Waals surface area contributed by atoms with Gasteiger partial charge in [-0.1, -0.05) is 13.8 Å². The number of ketones is 1. The minimum absolute atomic E-state index is 0.0313. The van der Waals surface area contributed by atoms with Crippen molar-refractivity contribution in [3.05, 3.63) is 0 Å². The largest absolute Gasteiger partial charge is 0.342 e. The molecule has 0 aromatic carbocycles. The van der Waals surface area contributed by atoms with Gasteiger partial charge < -0.3 is 4.90 Å². The van der Waals surface area contributed by atoms with Crippen molar-refractivity contribution in [3.8, 4) is 0 Å². The van der Waals surface area contributed by atoms with Crippen LogP contribution in [-0.2, 0) is 9.59 Å². The highest BCUT2D eigenvalue weighted by molar-refractivity contribution is 5.96. The fourth-order valence-corrected chi connectivity index (χ4v) is 1.23. The summed E-state index contributed by atoms with van der Waals surface area (Å²) in [6.07, 6.45) is 1.95. The van der Waals surface area contributed by atoms with Gasteiger partial charge in [0, 0.05) is 13.1 Å². The molecule has 0 bridgehead atoms. The number of hydrogen-bond acceptors (Lipinski definition) is 2. The summed E-state index contributed by atoms with van der Waals surface area (Å²) >= 11 is 0. The van der Waals surface area contributed by atoms with Crippen molar-refractivity contribution in [2.45, 2.75) is 40.0 Å². The fraction of sp³-hybridized carbons (Fsp3) is 0.800. The molecule has 0 N–H and O–H groups in total. The smallest absolute Gasteiger partial charge is 0.230 e. The Bertz CT molecular complexity index is 172. The van der Waals surface area contributed by atoms with Crippen molar-refractivity contribution in [3.63, 3.8) is 0 Å². The molecule has 0 heterocycles. The van der Waals surface area contributed by atoms with E-state index >= 15 is 0 Å². The summed E-state index contributed by atoms with van der Waals surface area (Å²) in [6.45, 7) is 7.04. The van der Waals surface area contributed by atoms with E-state index in [-0.39, 0.29) is 18.1 Å². The standard InChI is InChI=1S/C10H19NO2/c1-4-6-11(7-5-2)10(13)8-9(3)12/h4-8H2,1-3H3. The highest BCUT2D eigenvalue weighted by Crippen LogP contribution is 1.98. The predicted octanol–water partition coefficient (Wildman–Crippen LogP) is 1.61. The molecule has 0 aliphatic rings. The quantitative estimate of drug-likeness (QED) is 0.590. The molecule has 3 nitrogen and oxygen atoms in total. The number of carbonyl (C=O) groups excluding carboxylic acids is 2. The number of carbonyl (C=O) groups is 2. The molecule has 0 aromatic heterocycles. The third-order valence-electron chi connectivity index (χ3n) is 1.74.